The van der Waals surface area contributed by atoms with Crippen LogP contribution in [0, 0.1) is 0 Å². The fraction of sp³-hybridized carbons (Fsp3) is 0.158. The lowest BCUT2D eigenvalue weighted by Crippen LogP contribution is -2.13. The molecule has 2 aromatic heterocycles. The fourth-order valence-electron chi connectivity index (χ4n) is 3.13. The van der Waals surface area contributed by atoms with Gasteiger partial charge in [0, 0.05) is 34.6 Å². The SMILES string of the molecule is O=C1CC[C@H](c2ccc(Cl)cc2)c2cc(-c3ccncc3)sc21. The van der Waals surface area contributed by atoms with Gasteiger partial charge in [0.1, 0.15) is 0 Å². The van der Waals surface area contributed by atoms with Crippen molar-refractivity contribution >= 4 is 28.7 Å². The van der Waals surface area contributed by atoms with Gasteiger partial charge in [0.25, 0.3) is 0 Å². The predicted molar refractivity (Wildman–Crippen MR) is 94.4 cm³/mol. The van der Waals surface area contributed by atoms with E-state index in [1.165, 1.54) is 5.56 Å². The van der Waals surface area contributed by atoms with Crippen LogP contribution in [0.25, 0.3) is 10.4 Å². The molecule has 0 saturated carbocycles. The van der Waals surface area contributed by atoms with Crippen LogP contribution in [0.4, 0.5) is 0 Å². The van der Waals surface area contributed by atoms with Crippen LogP contribution >= 0.6 is 22.9 Å². The van der Waals surface area contributed by atoms with Crippen LogP contribution in [0.5, 0.6) is 0 Å². The Bertz CT molecular complexity index is 855. The summed E-state index contributed by atoms with van der Waals surface area (Å²) in [6.45, 7) is 0. The molecule has 4 rings (SSSR count). The van der Waals surface area contributed by atoms with E-state index in [0.717, 1.165) is 32.3 Å². The summed E-state index contributed by atoms with van der Waals surface area (Å²) >= 11 is 7.59. The standard InChI is InChI=1S/C19H14ClNOS/c20-14-3-1-12(2-4-14)15-5-6-17(22)19-16(15)11-18(23-19)13-7-9-21-10-8-13/h1-4,7-11,15H,5-6H2/t15-/m1/s1. The van der Waals surface area contributed by atoms with E-state index in [2.05, 4.69) is 23.2 Å². The van der Waals surface area contributed by atoms with Gasteiger partial charge in [0.15, 0.2) is 5.78 Å². The molecule has 0 spiro atoms. The normalized spacial score (nSPS) is 17.1. The molecule has 0 amide bonds. The smallest absolute Gasteiger partial charge is 0.173 e. The second-order valence-electron chi connectivity index (χ2n) is 5.70. The number of hydrogen-bond acceptors (Lipinski definition) is 3. The number of carbonyl (C=O) groups excluding carboxylic acids is 1. The number of halogens is 1. The molecule has 4 heteroatoms. The maximum absolute atomic E-state index is 12.3. The van der Waals surface area contributed by atoms with Crippen molar-refractivity contribution in [1.29, 1.82) is 0 Å². The summed E-state index contributed by atoms with van der Waals surface area (Å²) in [4.78, 5) is 18.4. The quantitative estimate of drug-likeness (QED) is 0.610. The monoisotopic (exact) mass is 339 g/mol. The number of thiophene rings is 1. The zero-order valence-corrected chi connectivity index (χ0v) is 13.9. The largest absolute Gasteiger partial charge is 0.293 e. The van der Waals surface area contributed by atoms with E-state index in [1.54, 1.807) is 23.7 Å². The fourth-order valence-corrected chi connectivity index (χ4v) is 4.45. The van der Waals surface area contributed by atoms with Gasteiger partial charge in [-0.2, -0.15) is 0 Å². The van der Waals surface area contributed by atoms with Gasteiger partial charge in [-0.1, -0.05) is 23.7 Å². The third-order valence-corrected chi connectivity index (χ3v) is 5.78. The number of fused-ring (bicyclic) bond motifs is 1. The Morgan fingerprint density at radius 1 is 1.09 bits per heavy atom. The first-order chi connectivity index (χ1) is 11.2. The van der Waals surface area contributed by atoms with Gasteiger partial charge in [-0.05, 0) is 53.4 Å². The van der Waals surface area contributed by atoms with E-state index in [4.69, 9.17) is 11.6 Å². The van der Waals surface area contributed by atoms with Gasteiger partial charge in [0.05, 0.1) is 4.88 Å². The van der Waals surface area contributed by atoms with E-state index in [0.29, 0.717) is 6.42 Å². The minimum atomic E-state index is 0.260. The number of aromatic nitrogens is 1. The zero-order valence-electron chi connectivity index (χ0n) is 12.3. The molecule has 0 aliphatic heterocycles. The van der Waals surface area contributed by atoms with Gasteiger partial charge >= 0.3 is 0 Å². The first-order valence-corrected chi connectivity index (χ1v) is 8.74. The minimum Gasteiger partial charge on any atom is -0.293 e. The molecular formula is C19H14ClNOS. The molecule has 23 heavy (non-hydrogen) atoms. The topological polar surface area (TPSA) is 30.0 Å². The van der Waals surface area contributed by atoms with Crippen molar-refractivity contribution in [1.82, 2.24) is 4.98 Å². The molecule has 3 aromatic rings. The lowest BCUT2D eigenvalue weighted by atomic mass is 9.82. The Hall–Kier alpha value is -1.97. The van der Waals surface area contributed by atoms with Crippen LogP contribution in [-0.2, 0) is 0 Å². The number of Topliss-reactive ketones (excluding diaryl/α,β-unsaturated/α-hetero) is 1. The highest BCUT2D eigenvalue weighted by molar-refractivity contribution is 7.17. The highest BCUT2D eigenvalue weighted by atomic mass is 35.5. The molecule has 1 aliphatic rings. The molecule has 0 N–H and O–H groups in total. The van der Waals surface area contributed by atoms with Crippen LogP contribution in [0.2, 0.25) is 5.02 Å². The van der Waals surface area contributed by atoms with E-state index >= 15 is 0 Å². The molecule has 0 bridgehead atoms. The maximum atomic E-state index is 12.3. The summed E-state index contributed by atoms with van der Waals surface area (Å²) in [5.41, 5.74) is 3.49. The predicted octanol–water partition coefficient (Wildman–Crippen LogP) is 5.57. The average Bonchev–Trinajstić information content (AvgIpc) is 3.03. The number of hydrogen-bond donors (Lipinski definition) is 0. The van der Waals surface area contributed by atoms with Crippen LogP contribution in [0.15, 0.2) is 54.9 Å². The Kier molecular flexibility index (Phi) is 3.76. The molecule has 0 radical (unpaired) electrons. The van der Waals surface area contributed by atoms with Gasteiger partial charge in [-0.3, -0.25) is 9.78 Å². The molecule has 0 unspecified atom stereocenters. The van der Waals surface area contributed by atoms with E-state index in [1.807, 2.05) is 24.3 Å². The van der Waals surface area contributed by atoms with Crippen LogP contribution in [-0.4, -0.2) is 10.8 Å². The Morgan fingerprint density at radius 2 is 1.83 bits per heavy atom. The summed E-state index contributed by atoms with van der Waals surface area (Å²) in [6.07, 6.45) is 5.04. The molecule has 2 heterocycles. The van der Waals surface area contributed by atoms with Crippen molar-refractivity contribution in [2.75, 3.05) is 0 Å². The van der Waals surface area contributed by atoms with E-state index in [9.17, 15) is 4.79 Å². The van der Waals surface area contributed by atoms with Crippen LogP contribution < -0.4 is 0 Å². The summed E-state index contributed by atoms with van der Waals surface area (Å²) in [7, 11) is 0. The highest BCUT2D eigenvalue weighted by Gasteiger charge is 2.29. The first-order valence-electron chi connectivity index (χ1n) is 7.55. The third-order valence-electron chi connectivity index (χ3n) is 4.29. The van der Waals surface area contributed by atoms with E-state index < -0.39 is 0 Å². The Morgan fingerprint density at radius 3 is 2.57 bits per heavy atom. The lowest BCUT2D eigenvalue weighted by Gasteiger charge is -2.22. The molecule has 1 aromatic carbocycles. The number of nitrogens with zero attached hydrogens (tertiary/aromatic N) is 1. The summed E-state index contributed by atoms with van der Waals surface area (Å²) in [5.74, 6) is 0.530. The molecular weight excluding hydrogens is 326 g/mol. The lowest BCUT2D eigenvalue weighted by molar-refractivity contribution is 0.0974. The van der Waals surface area contributed by atoms with Crippen LogP contribution in [0.3, 0.4) is 0 Å². The van der Waals surface area contributed by atoms with Crippen molar-refractivity contribution in [2.24, 2.45) is 0 Å². The molecule has 1 atom stereocenters. The minimum absolute atomic E-state index is 0.260. The van der Waals surface area contributed by atoms with Crippen molar-refractivity contribution in [2.45, 2.75) is 18.8 Å². The average molecular weight is 340 g/mol. The molecule has 1 aliphatic carbocycles. The highest BCUT2D eigenvalue weighted by Crippen LogP contribution is 2.43. The summed E-state index contributed by atoms with van der Waals surface area (Å²) in [5, 5.41) is 0.739. The number of ketones is 1. The van der Waals surface area contributed by atoms with Crippen molar-refractivity contribution in [3.8, 4) is 10.4 Å². The van der Waals surface area contributed by atoms with Crippen molar-refractivity contribution in [3.63, 3.8) is 0 Å². The summed E-state index contributed by atoms with van der Waals surface area (Å²) in [6, 6.07) is 14.1. The number of carbonyl (C=O) groups is 1. The van der Waals surface area contributed by atoms with Gasteiger partial charge in [-0.15, -0.1) is 11.3 Å². The Labute approximate surface area is 143 Å². The molecule has 0 saturated heterocycles. The third kappa shape index (κ3) is 2.71. The number of benzene rings is 1. The molecule has 114 valence electrons. The van der Waals surface area contributed by atoms with Gasteiger partial charge in [0.2, 0.25) is 0 Å². The first kappa shape index (κ1) is 14.6. The zero-order chi connectivity index (χ0) is 15.8. The Balaban J connectivity index is 1.80. The van der Waals surface area contributed by atoms with Crippen molar-refractivity contribution in [3.05, 3.63) is 75.9 Å². The summed E-state index contributed by atoms with van der Waals surface area (Å²) < 4.78 is 0. The van der Waals surface area contributed by atoms with E-state index in [-0.39, 0.29) is 11.7 Å². The van der Waals surface area contributed by atoms with Crippen molar-refractivity contribution < 1.29 is 4.79 Å². The molecule has 0 fully saturated rings. The van der Waals surface area contributed by atoms with Gasteiger partial charge in [-0.25, -0.2) is 0 Å². The second kappa shape index (κ2) is 5.91. The number of rotatable bonds is 2. The second-order valence-corrected chi connectivity index (χ2v) is 7.19. The van der Waals surface area contributed by atoms with Crippen LogP contribution in [0.1, 0.15) is 39.6 Å². The maximum Gasteiger partial charge on any atom is 0.173 e. The molecule has 2 nitrogen and oxygen atoms in total. The van der Waals surface area contributed by atoms with Gasteiger partial charge < -0.3 is 0 Å². The number of pyridine rings is 1.